The second kappa shape index (κ2) is 11.4. The molecule has 0 unspecified atom stereocenters. The van der Waals surface area contributed by atoms with Crippen LogP contribution < -0.4 is 0 Å². The Morgan fingerprint density at radius 3 is 1.94 bits per heavy atom. The topological polar surface area (TPSA) is 42.4 Å². The molecule has 5 nitrogen and oxygen atoms in total. The second-order valence-electron chi connectivity index (χ2n) is 12.2. The molecule has 0 bridgehead atoms. The third kappa shape index (κ3) is 4.31. The van der Waals surface area contributed by atoms with Gasteiger partial charge >= 0.3 is 0 Å². The summed E-state index contributed by atoms with van der Waals surface area (Å²) in [5.74, 6) is 0. The molecule has 5 heteroatoms. The molecular formula is C45H25N5. The maximum atomic E-state index is 10.5. The maximum Gasteiger partial charge on any atom is 0.197 e. The first-order chi connectivity index (χ1) is 24.7. The minimum absolute atomic E-state index is 0.536. The molecule has 0 saturated heterocycles. The van der Waals surface area contributed by atoms with Crippen LogP contribution in [0.5, 0.6) is 0 Å². The summed E-state index contributed by atoms with van der Waals surface area (Å²) >= 11 is 0. The van der Waals surface area contributed by atoms with Gasteiger partial charge in [0, 0.05) is 38.5 Å². The number of para-hydroxylation sites is 3. The van der Waals surface area contributed by atoms with Gasteiger partial charge in [-0.15, -0.1) is 0 Å². The molecule has 2 heterocycles. The monoisotopic (exact) mass is 635 g/mol. The van der Waals surface area contributed by atoms with Crippen molar-refractivity contribution in [1.82, 2.24) is 9.13 Å². The Balaban J connectivity index is 1.19. The number of hydrogen-bond acceptors (Lipinski definition) is 1. The number of aromatic nitrogens is 2. The lowest BCUT2D eigenvalue weighted by Gasteiger charge is -2.16. The first kappa shape index (κ1) is 28.8. The lowest BCUT2D eigenvalue weighted by atomic mass is 9.94. The predicted molar refractivity (Wildman–Crippen MR) is 203 cm³/mol. The van der Waals surface area contributed by atoms with Crippen LogP contribution in [0.3, 0.4) is 0 Å². The fourth-order valence-corrected chi connectivity index (χ4v) is 7.43. The quantitative estimate of drug-likeness (QED) is 0.177. The highest BCUT2D eigenvalue weighted by atomic mass is 15.0. The number of fused-ring (bicyclic) bond motifs is 6. The Hall–Kier alpha value is -7.39. The summed E-state index contributed by atoms with van der Waals surface area (Å²) < 4.78 is 4.45. The molecular weight excluding hydrogens is 611 g/mol. The highest BCUT2D eigenvalue weighted by Gasteiger charge is 2.19. The molecule has 0 radical (unpaired) electrons. The van der Waals surface area contributed by atoms with Gasteiger partial charge in [-0.3, -0.25) is 0 Å². The first-order valence-electron chi connectivity index (χ1n) is 16.2. The van der Waals surface area contributed by atoms with Gasteiger partial charge in [0.05, 0.1) is 47.0 Å². The Labute approximate surface area is 288 Å². The van der Waals surface area contributed by atoms with Crippen LogP contribution in [0.2, 0.25) is 0 Å². The van der Waals surface area contributed by atoms with Gasteiger partial charge in [0.25, 0.3) is 0 Å². The Bertz CT molecular complexity index is 2920. The smallest absolute Gasteiger partial charge is 0.197 e. The van der Waals surface area contributed by atoms with Gasteiger partial charge in [-0.25, -0.2) is 9.69 Å². The Kier molecular flexibility index (Phi) is 6.56. The average Bonchev–Trinajstić information content (AvgIpc) is 3.70. The maximum absolute atomic E-state index is 10.5. The molecule has 0 spiro atoms. The number of hydrogen-bond donors (Lipinski definition) is 0. The average molecular weight is 636 g/mol. The Morgan fingerprint density at radius 1 is 0.500 bits per heavy atom. The van der Waals surface area contributed by atoms with Crippen LogP contribution in [-0.2, 0) is 0 Å². The van der Waals surface area contributed by atoms with Crippen molar-refractivity contribution < 1.29 is 0 Å². The zero-order valence-corrected chi connectivity index (χ0v) is 26.7. The van der Waals surface area contributed by atoms with Crippen molar-refractivity contribution in [3.8, 4) is 39.7 Å². The molecule has 50 heavy (non-hydrogen) atoms. The van der Waals surface area contributed by atoms with Crippen molar-refractivity contribution in [3.63, 3.8) is 0 Å². The van der Waals surface area contributed by atoms with E-state index in [0.717, 1.165) is 66.5 Å². The zero-order valence-electron chi connectivity index (χ0n) is 26.7. The van der Waals surface area contributed by atoms with Crippen LogP contribution in [-0.4, -0.2) is 9.13 Å². The summed E-state index contributed by atoms with van der Waals surface area (Å²) in [6.07, 6.45) is 0. The van der Waals surface area contributed by atoms with Gasteiger partial charge in [-0.2, -0.15) is 5.26 Å². The zero-order chi connectivity index (χ0) is 33.8. The van der Waals surface area contributed by atoms with E-state index in [1.165, 1.54) is 10.8 Å². The molecule has 2 aromatic heterocycles. The van der Waals surface area contributed by atoms with Crippen LogP contribution in [0.1, 0.15) is 5.56 Å². The van der Waals surface area contributed by atoms with Gasteiger partial charge in [0.1, 0.15) is 0 Å². The molecule has 7 aromatic carbocycles. The fourth-order valence-electron chi connectivity index (χ4n) is 7.43. The summed E-state index contributed by atoms with van der Waals surface area (Å²) in [6.45, 7) is 15.4. The van der Waals surface area contributed by atoms with Crippen LogP contribution in [0, 0.1) is 24.5 Å². The molecule has 230 valence electrons. The number of nitriles is 1. The molecule has 0 aliphatic rings. The minimum atomic E-state index is 0.536. The molecule has 0 saturated carbocycles. The third-order valence-electron chi connectivity index (χ3n) is 9.59. The van der Waals surface area contributed by atoms with E-state index in [4.69, 9.17) is 13.1 Å². The van der Waals surface area contributed by atoms with E-state index < -0.39 is 0 Å². The van der Waals surface area contributed by atoms with E-state index in [-0.39, 0.29) is 0 Å². The SMILES string of the molecule is [C-]#[N+]c1ccc2c(c1)c1c([N+]#[C-])cccc1n2-c1cccc(-c2ccc(-c3ccccc3-n3c4ccccc4c4ccccc43)c(C#N)c2)c1. The first-order valence-corrected chi connectivity index (χ1v) is 16.2. The van der Waals surface area contributed by atoms with E-state index in [0.29, 0.717) is 16.9 Å². The van der Waals surface area contributed by atoms with Crippen molar-refractivity contribution in [2.24, 2.45) is 0 Å². The highest BCUT2D eigenvalue weighted by molar-refractivity contribution is 6.16. The molecule has 0 N–H and O–H groups in total. The van der Waals surface area contributed by atoms with Crippen molar-refractivity contribution in [3.05, 3.63) is 180 Å². The van der Waals surface area contributed by atoms with Crippen LogP contribution in [0.4, 0.5) is 11.4 Å². The standard InChI is InChI=1S/C45H25N5/c1-47-32-22-24-43-38(27-32)45-39(48-2)16-10-20-44(45)49(43)33-12-9-11-29(26-33)30-21-23-34(31(25-30)28-46)35-13-3-6-17-40(35)50-41-18-7-4-14-36(41)37-15-5-8-19-42(37)50/h3-27H. The van der Waals surface area contributed by atoms with Crippen molar-refractivity contribution in [1.29, 1.82) is 5.26 Å². The molecule has 0 aliphatic heterocycles. The normalized spacial score (nSPS) is 11.1. The van der Waals surface area contributed by atoms with Crippen LogP contribution >= 0.6 is 0 Å². The second-order valence-corrected chi connectivity index (χ2v) is 12.2. The van der Waals surface area contributed by atoms with Crippen molar-refractivity contribution >= 4 is 55.0 Å². The molecule has 0 atom stereocenters. The van der Waals surface area contributed by atoms with Gasteiger partial charge in [0.15, 0.2) is 11.4 Å². The highest BCUT2D eigenvalue weighted by Crippen LogP contribution is 2.41. The molecule has 0 aliphatic carbocycles. The molecule has 0 fully saturated rings. The van der Waals surface area contributed by atoms with Gasteiger partial charge in [0.2, 0.25) is 0 Å². The van der Waals surface area contributed by atoms with Gasteiger partial charge in [-0.05, 0) is 71.1 Å². The van der Waals surface area contributed by atoms with Crippen molar-refractivity contribution in [2.75, 3.05) is 0 Å². The Morgan fingerprint density at radius 2 is 1.18 bits per heavy atom. The lowest BCUT2D eigenvalue weighted by Crippen LogP contribution is -1.98. The van der Waals surface area contributed by atoms with Crippen LogP contribution in [0.15, 0.2) is 152 Å². The van der Waals surface area contributed by atoms with Gasteiger partial charge in [-0.1, -0.05) is 97.1 Å². The molecule has 9 rings (SSSR count). The fraction of sp³-hybridized carbons (Fsp3) is 0. The summed E-state index contributed by atoms with van der Waals surface area (Å²) in [7, 11) is 0. The van der Waals surface area contributed by atoms with Gasteiger partial charge < -0.3 is 9.13 Å². The van der Waals surface area contributed by atoms with Crippen LogP contribution in [0.25, 0.3) is 86.9 Å². The van der Waals surface area contributed by atoms with E-state index in [9.17, 15) is 5.26 Å². The summed E-state index contributed by atoms with van der Waals surface area (Å²) in [6, 6.07) is 53.5. The number of nitrogens with zero attached hydrogens (tertiary/aromatic N) is 5. The summed E-state index contributed by atoms with van der Waals surface area (Å²) in [5.41, 5.74) is 11.4. The molecule has 0 amide bonds. The molecule has 9 aromatic rings. The third-order valence-corrected chi connectivity index (χ3v) is 9.59. The van der Waals surface area contributed by atoms with E-state index in [1.807, 2.05) is 60.7 Å². The van der Waals surface area contributed by atoms with E-state index >= 15 is 0 Å². The number of rotatable bonds is 4. The largest absolute Gasteiger partial charge is 0.311 e. The summed E-state index contributed by atoms with van der Waals surface area (Å²) in [4.78, 5) is 7.45. The van der Waals surface area contributed by atoms with Crippen molar-refractivity contribution in [2.45, 2.75) is 0 Å². The van der Waals surface area contributed by atoms with E-state index in [2.05, 4.69) is 116 Å². The lowest BCUT2D eigenvalue weighted by molar-refractivity contribution is 1.18. The van der Waals surface area contributed by atoms with E-state index in [1.54, 1.807) is 0 Å². The summed E-state index contributed by atoms with van der Waals surface area (Å²) in [5, 5.41) is 14.6. The minimum Gasteiger partial charge on any atom is -0.311 e. The number of benzene rings is 7. The predicted octanol–water partition coefficient (Wildman–Crippen LogP) is 12.2.